The van der Waals surface area contributed by atoms with Crippen molar-refractivity contribution in [2.75, 3.05) is 7.11 Å². The molecule has 170 valence electrons. The number of nitrogens with zero attached hydrogens (tertiary/aromatic N) is 1. The smallest absolute Gasteiger partial charge is 0.341 e. The highest BCUT2D eigenvalue weighted by atomic mass is 32.2. The molecule has 32 heavy (non-hydrogen) atoms. The predicted molar refractivity (Wildman–Crippen MR) is 120 cm³/mol. The molecule has 0 aliphatic carbocycles. The van der Waals surface area contributed by atoms with Gasteiger partial charge in [0.15, 0.2) is 0 Å². The summed E-state index contributed by atoms with van der Waals surface area (Å²) in [7, 11) is -3.14. The van der Waals surface area contributed by atoms with E-state index in [1.54, 1.807) is 23.3 Å². The molecule has 0 saturated carbocycles. The Hall–Kier alpha value is -2.78. The number of carbonyl (C=O) groups is 1. The number of methoxy groups -OCH3 is 1. The summed E-state index contributed by atoms with van der Waals surface area (Å²) in [6, 6.07) is 15.8. The van der Waals surface area contributed by atoms with Crippen LogP contribution >= 0.6 is 11.3 Å². The summed E-state index contributed by atoms with van der Waals surface area (Å²) in [5.41, 5.74) is 1.12. The highest BCUT2D eigenvalue weighted by Crippen LogP contribution is 2.23. The van der Waals surface area contributed by atoms with E-state index in [1.807, 2.05) is 48.7 Å². The SMILES string of the molecule is COc1ccc(CN(C(=O)c2ccc(S(=O)(=O)C(F)F)cc2)[C@@H](C)Cc2cccs2)cc1. The second kappa shape index (κ2) is 10.2. The zero-order valence-corrected chi connectivity index (χ0v) is 19.2. The van der Waals surface area contributed by atoms with Crippen LogP contribution in [0, 0.1) is 0 Å². The van der Waals surface area contributed by atoms with Crippen molar-refractivity contribution in [1.29, 1.82) is 0 Å². The molecule has 0 N–H and O–H groups in total. The summed E-state index contributed by atoms with van der Waals surface area (Å²) < 4.78 is 54.1. The largest absolute Gasteiger partial charge is 0.497 e. The van der Waals surface area contributed by atoms with Crippen molar-refractivity contribution in [2.24, 2.45) is 0 Å². The minimum Gasteiger partial charge on any atom is -0.497 e. The standard InChI is InChI=1S/C23H23F2NO4S2/c1-16(14-20-4-3-13-31-20)26(15-17-5-9-19(30-2)10-6-17)22(27)18-7-11-21(12-8-18)32(28,29)23(24)25/h3-13,16,23H,14-15H2,1-2H3/t16-/m0/s1. The van der Waals surface area contributed by atoms with E-state index in [0.717, 1.165) is 22.6 Å². The van der Waals surface area contributed by atoms with Crippen LogP contribution in [0.15, 0.2) is 70.9 Å². The van der Waals surface area contributed by atoms with Gasteiger partial charge in [0.2, 0.25) is 9.84 Å². The van der Waals surface area contributed by atoms with Crippen LogP contribution in [0.3, 0.4) is 0 Å². The van der Waals surface area contributed by atoms with Crippen LogP contribution in [-0.2, 0) is 22.8 Å². The van der Waals surface area contributed by atoms with E-state index >= 15 is 0 Å². The Morgan fingerprint density at radius 1 is 1.06 bits per heavy atom. The Balaban J connectivity index is 1.87. The first-order valence-electron chi connectivity index (χ1n) is 9.80. The number of rotatable bonds is 9. The summed E-state index contributed by atoms with van der Waals surface area (Å²) in [6.07, 6.45) is 0.650. The van der Waals surface area contributed by atoms with Crippen molar-refractivity contribution < 1.29 is 26.7 Å². The first-order valence-corrected chi connectivity index (χ1v) is 12.2. The van der Waals surface area contributed by atoms with Crippen molar-refractivity contribution in [3.63, 3.8) is 0 Å². The molecule has 0 unspecified atom stereocenters. The summed E-state index contributed by atoms with van der Waals surface area (Å²) in [5.74, 6) is -3.12. The van der Waals surface area contributed by atoms with Crippen LogP contribution < -0.4 is 4.74 Å². The van der Waals surface area contributed by atoms with Crippen molar-refractivity contribution in [3.8, 4) is 5.75 Å². The van der Waals surface area contributed by atoms with Gasteiger partial charge in [0.25, 0.3) is 5.91 Å². The lowest BCUT2D eigenvalue weighted by atomic mass is 10.1. The van der Waals surface area contributed by atoms with Gasteiger partial charge in [-0.1, -0.05) is 18.2 Å². The normalized spacial score (nSPS) is 12.5. The van der Waals surface area contributed by atoms with Gasteiger partial charge in [-0.3, -0.25) is 4.79 Å². The number of amides is 1. The van der Waals surface area contributed by atoms with E-state index in [-0.39, 0.29) is 17.5 Å². The van der Waals surface area contributed by atoms with Crippen LogP contribution in [-0.4, -0.2) is 38.1 Å². The molecule has 1 heterocycles. The van der Waals surface area contributed by atoms with Crippen molar-refractivity contribution in [3.05, 3.63) is 82.0 Å². The number of ether oxygens (including phenoxy) is 1. The van der Waals surface area contributed by atoms with E-state index in [2.05, 4.69) is 0 Å². The Kier molecular flexibility index (Phi) is 7.63. The van der Waals surface area contributed by atoms with Gasteiger partial charge >= 0.3 is 5.76 Å². The fourth-order valence-corrected chi connectivity index (χ4v) is 4.79. The zero-order chi connectivity index (χ0) is 23.3. The number of sulfone groups is 1. The molecular weight excluding hydrogens is 456 g/mol. The maximum atomic E-state index is 13.3. The Labute approximate surface area is 190 Å². The molecule has 0 aliphatic heterocycles. The second-order valence-corrected chi connectivity index (χ2v) is 10.2. The number of thiophene rings is 1. The minimum absolute atomic E-state index is 0.160. The number of hydrogen-bond acceptors (Lipinski definition) is 5. The highest BCUT2D eigenvalue weighted by Gasteiger charge is 2.27. The molecule has 3 aromatic rings. The molecule has 0 bridgehead atoms. The molecule has 2 aromatic carbocycles. The fraction of sp³-hybridized carbons (Fsp3) is 0.261. The van der Waals surface area contributed by atoms with Gasteiger partial charge < -0.3 is 9.64 Å². The van der Waals surface area contributed by atoms with E-state index in [1.165, 1.54) is 12.1 Å². The number of benzene rings is 2. The van der Waals surface area contributed by atoms with E-state index in [0.29, 0.717) is 18.7 Å². The summed E-state index contributed by atoms with van der Waals surface area (Å²) in [6.45, 7) is 2.27. The van der Waals surface area contributed by atoms with E-state index in [4.69, 9.17) is 4.74 Å². The number of carbonyl (C=O) groups excluding carboxylic acids is 1. The first-order chi connectivity index (χ1) is 15.2. The van der Waals surface area contributed by atoms with E-state index in [9.17, 15) is 22.0 Å². The van der Waals surface area contributed by atoms with Gasteiger partial charge in [-0.2, -0.15) is 8.78 Å². The van der Waals surface area contributed by atoms with Gasteiger partial charge in [0.05, 0.1) is 12.0 Å². The monoisotopic (exact) mass is 479 g/mol. The molecule has 0 radical (unpaired) electrons. The Bertz CT molecular complexity index is 1130. The van der Waals surface area contributed by atoms with Crippen molar-refractivity contribution in [2.45, 2.75) is 36.6 Å². The van der Waals surface area contributed by atoms with Crippen LogP contribution in [0.25, 0.3) is 0 Å². The molecule has 1 amide bonds. The average Bonchev–Trinajstić information content (AvgIpc) is 3.30. The lowest BCUT2D eigenvalue weighted by Crippen LogP contribution is -2.39. The molecule has 0 saturated heterocycles. The van der Waals surface area contributed by atoms with Crippen LogP contribution in [0.2, 0.25) is 0 Å². The summed E-state index contributed by atoms with van der Waals surface area (Å²) in [5, 5.41) is 1.97. The maximum absolute atomic E-state index is 13.3. The van der Waals surface area contributed by atoms with Crippen LogP contribution in [0.1, 0.15) is 27.7 Å². The molecule has 0 fully saturated rings. The van der Waals surface area contributed by atoms with Gasteiger partial charge in [0, 0.05) is 29.4 Å². The zero-order valence-electron chi connectivity index (χ0n) is 17.6. The third-order valence-corrected chi connectivity index (χ3v) is 7.34. The third-order valence-electron chi connectivity index (χ3n) is 5.05. The molecule has 9 heteroatoms. The molecule has 1 aromatic heterocycles. The molecule has 5 nitrogen and oxygen atoms in total. The van der Waals surface area contributed by atoms with Crippen LogP contribution in [0.4, 0.5) is 8.78 Å². The number of alkyl halides is 2. The Morgan fingerprint density at radius 3 is 2.25 bits per heavy atom. The summed E-state index contributed by atoms with van der Waals surface area (Å²) in [4.78, 5) is 15.6. The highest BCUT2D eigenvalue weighted by molar-refractivity contribution is 7.91. The lowest BCUT2D eigenvalue weighted by Gasteiger charge is -2.29. The van der Waals surface area contributed by atoms with E-state index < -0.39 is 20.5 Å². The maximum Gasteiger partial charge on any atom is 0.341 e. The van der Waals surface area contributed by atoms with Gasteiger partial charge in [-0.15, -0.1) is 11.3 Å². The average molecular weight is 480 g/mol. The summed E-state index contributed by atoms with van der Waals surface area (Å²) >= 11 is 1.60. The van der Waals surface area contributed by atoms with Gasteiger partial charge in [-0.05, 0) is 60.3 Å². The third kappa shape index (κ3) is 5.52. The fourth-order valence-electron chi connectivity index (χ4n) is 3.24. The lowest BCUT2D eigenvalue weighted by molar-refractivity contribution is 0.0676. The number of halogens is 2. The molecule has 0 aliphatic rings. The first kappa shape index (κ1) is 23.9. The minimum atomic E-state index is -4.71. The molecular formula is C23H23F2NO4S2. The van der Waals surface area contributed by atoms with Crippen molar-refractivity contribution in [1.82, 2.24) is 4.90 Å². The molecule has 1 atom stereocenters. The van der Waals surface area contributed by atoms with Crippen molar-refractivity contribution >= 4 is 27.1 Å². The Morgan fingerprint density at radius 2 is 1.72 bits per heavy atom. The van der Waals surface area contributed by atoms with Crippen LogP contribution in [0.5, 0.6) is 5.75 Å². The predicted octanol–water partition coefficient (Wildman–Crippen LogP) is 5.03. The molecule has 3 rings (SSSR count). The van der Waals surface area contributed by atoms with Gasteiger partial charge in [0.1, 0.15) is 5.75 Å². The molecule has 0 spiro atoms. The second-order valence-electron chi connectivity index (χ2n) is 7.24. The quantitative estimate of drug-likeness (QED) is 0.432. The van der Waals surface area contributed by atoms with Gasteiger partial charge in [-0.25, -0.2) is 8.42 Å². The topological polar surface area (TPSA) is 63.7 Å². The number of hydrogen-bond donors (Lipinski definition) is 0.